The molecule has 90 valence electrons. The summed E-state index contributed by atoms with van der Waals surface area (Å²) < 4.78 is 26.0. The molecule has 1 N–H and O–H groups in total. The van der Waals surface area contributed by atoms with Gasteiger partial charge in [-0.25, -0.2) is 8.78 Å². The minimum absolute atomic E-state index is 0.172. The Morgan fingerprint density at radius 2 is 1.59 bits per heavy atom. The summed E-state index contributed by atoms with van der Waals surface area (Å²) in [6.07, 6.45) is 0. The van der Waals surface area contributed by atoms with Gasteiger partial charge in [-0.05, 0) is 19.1 Å². The lowest BCUT2D eigenvalue weighted by Crippen LogP contribution is -2.40. The van der Waals surface area contributed by atoms with Crippen LogP contribution in [0.4, 0.5) is 8.78 Å². The van der Waals surface area contributed by atoms with Gasteiger partial charge >= 0.3 is 0 Å². The average molecular weight is 241 g/mol. The zero-order valence-electron chi connectivity index (χ0n) is 8.91. The van der Waals surface area contributed by atoms with Crippen molar-refractivity contribution >= 4 is 11.8 Å². The molecule has 0 radical (unpaired) electrons. The molecule has 0 saturated heterocycles. The highest BCUT2D eigenvalue weighted by Crippen LogP contribution is 2.26. The summed E-state index contributed by atoms with van der Waals surface area (Å²) in [5.74, 6) is -3.79. The van der Waals surface area contributed by atoms with Crippen LogP contribution in [0, 0.1) is 11.6 Å². The second-order valence-corrected chi connectivity index (χ2v) is 3.82. The standard InChI is InChI=1S/C11H9F2NO3/c1-5(4-15)14-10(16)6-2-8(12)9(13)3-7(6)11(14)17/h2-3,5,15H,4H2,1H3/t5-/m1/s1. The first kappa shape index (κ1) is 11.7. The number of aliphatic hydroxyl groups excluding tert-OH is 1. The Balaban J connectivity index is 2.53. The molecule has 2 amide bonds. The summed E-state index contributed by atoms with van der Waals surface area (Å²) in [5.41, 5.74) is -0.344. The molecule has 1 atom stereocenters. The maximum absolute atomic E-state index is 13.0. The van der Waals surface area contributed by atoms with E-state index < -0.39 is 36.1 Å². The monoisotopic (exact) mass is 241 g/mol. The van der Waals surface area contributed by atoms with Crippen molar-refractivity contribution in [3.8, 4) is 0 Å². The van der Waals surface area contributed by atoms with E-state index >= 15 is 0 Å². The number of imide groups is 1. The van der Waals surface area contributed by atoms with Crippen molar-refractivity contribution in [1.82, 2.24) is 4.90 Å². The molecule has 1 aromatic rings. The molecule has 0 spiro atoms. The fourth-order valence-electron chi connectivity index (χ4n) is 1.73. The molecule has 0 unspecified atom stereocenters. The van der Waals surface area contributed by atoms with E-state index in [-0.39, 0.29) is 11.1 Å². The predicted octanol–water partition coefficient (Wildman–Crippen LogP) is 0.942. The fourth-order valence-corrected chi connectivity index (χ4v) is 1.73. The number of fused-ring (bicyclic) bond motifs is 1. The van der Waals surface area contributed by atoms with E-state index in [0.29, 0.717) is 12.1 Å². The van der Waals surface area contributed by atoms with Crippen LogP contribution in [0.15, 0.2) is 12.1 Å². The molecule has 0 aliphatic carbocycles. The van der Waals surface area contributed by atoms with Crippen molar-refractivity contribution < 1.29 is 23.5 Å². The molecule has 1 aromatic carbocycles. The van der Waals surface area contributed by atoms with Gasteiger partial charge in [-0.1, -0.05) is 0 Å². The summed E-state index contributed by atoms with van der Waals surface area (Å²) in [4.78, 5) is 24.3. The molecule has 2 rings (SSSR count). The molecule has 0 bridgehead atoms. The van der Waals surface area contributed by atoms with Gasteiger partial charge in [-0.2, -0.15) is 0 Å². The van der Waals surface area contributed by atoms with Gasteiger partial charge in [0, 0.05) is 0 Å². The number of halogens is 2. The number of hydrogen-bond acceptors (Lipinski definition) is 3. The second kappa shape index (κ2) is 3.89. The quantitative estimate of drug-likeness (QED) is 0.784. The summed E-state index contributed by atoms with van der Waals surface area (Å²) in [7, 11) is 0. The van der Waals surface area contributed by atoms with Crippen molar-refractivity contribution in [2.45, 2.75) is 13.0 Å². The molecule has 17 heavy (non-hydrogen) atoms. The number of rotatable bonds is 2. The number of aliphatic hydroxyl groups is 1. The van der Waals surface area contributed by atoms with Crippen LogP contribution in [0.1, 0.15) is 27.6 Å². The van der Waals surface area contributed by atoms with E-state index in [4.69, 9.17) is 5.11 Å². The Morgan fingerprint density at radius 1 is 1.18 bits per heavy atom. The Hall–Kier alpha value is -1.82. The number of hydrogen-bond donors (Lipinski definition) is 1. The van der Waals surface area contributed by atoms with E-state index in [1.807, 2.05) is 0 Å². The van der Waals surface area contributed by atoms with Crippen LogP contribution in [0.5, 0.6) is 0 Å². The zero-order chi connectivity index (χ0) is 12.7. The Kier molecular flexibility index (Phi) is 2.66. The molecule has 4 nitrogen and oxygen atoms in total. The number of carbonyl (C=O) groups excluding carboxylic acids is 2. The number of nitrogens with zero attached hydrogens (tertiary/aromatic N) is 1. The molecule has 1 aliphatic heterocycles. The van der Waals surface area contributed by atoms with E-state index in [1.165, 1.54) is 6.92 Å². The largest absolute Gasteiger partial charge is 0.394 e. The lowest BCUT2D eigenvalue weighted by molar-refractivity contribution is 0.0537. The first-order valence-electron chi connectivity index (χ1n) is 4.95. The van der Waals surface area contributed by atoms with Crippen molar-refractivity contribution in [2.24, 2.45) is 0 Å². The summed E-state index contributed by atoms with van der Waals surface area (Å²) >= 11 is 0. The van der Waals surface area contributed by atoms with Crippen LogP contribution >= 0.6 is 0 Å². The van der Waals surface area contributed by atoms with Gasteiger partial charge in [0.2, 0.25) is 0 Å². The van der Waals surface area contributed by atoms with Gasteiger partial charge in [0.25, 0.3) is 11.8 Å². The molecule has 0 saturated carbocycles. The highest BCUT2D eigenvalue weighted by atomic mass is 19.2. The van der Waals surface area contributed by atoms with Gasteiger partial charge in [0.05, 0.1) is 23.8 Å². The number of benzene rings is 1. The van der Waals surface area contributed by atoms with Gasteiger partial charge in [-0.3, -0.25) is 14.5 Å². The molecule has 6 heteroatoms. The molecule has 0 aromatic heterocycles. The lowest BCUT2D eigenvalue weighted by atomic mass is 10.1. The van der Waals surface area contributed by atoms with Crippen molar-refractivity contribution in [2.75, 3.05) is 6.61 Å². The van der Waals surface area contributed by atoms with Gasteiger partial charge in [0.15, 0.2) is 11.6 Å². The minimum atomic E-state index is -1.18. The first-order valence-corrected chi connectivity index (χ1v) is 4.95. The van der Waals surface area contributed by atoms with E-state index in [1.54, 1.807) is 0 Å². The Morgan fingerprint density at radius 3 is 1.94 bits per heavy atom. The Labute approximate surface area is 95.5 Å². The van der Waals surface area contributed by atoms with Crippen LogP contribution in [0.3, 0.4) is 0 Å². The van der Waals surface area contributed by atoms with E-state index in [9.17, 15) is 18.4 Å². The topological polar surface area (TPSA) is 57.6 Å². The Bertz CT molecular complexity index is 475. The van der Waals surface area contributed by atoms with Crippen LogP contribution in [-0.2, 0) is 0 Å². The van der Waals surface area contributed by atoms with Gasteiger partial charge in [0.1, 0.15) is 0 Å². The smallest absolute Gasteiger partial charge is 0.261 e. The third-order valence-electron chi connectivity index (χ3n) is 2.66. The second-order valence-electron chi connectivity index (χ2n) is 3.82. The SMILES string of the molecule is C[C@H](CO)N1C(=O)c2cc(F)c(F)cc2C1=O. The molecule has 1 heterocycles. The third-order valence-corrected chi connectivity index (χ3v) is 2.66. The van der Waals surface area contributed by atoms with Crippen molar-refractivity contribution in [3.05, 3.63) is 34.9 Å². The summed E-state index contributed by atoms with van der Waals surface area (Å²) in [5, 5.41) is 8.92. The zero-order valence-corrected chi connectivity index (χ0v) is 8.91. The molecular weight excluding hydrogens is 232 g/mol. The van der Waals surface area contributed by atoms with Gasteiger partial charge < -0.3 is 5.11 Å². The normalized spacial score (nSPS) is 16.4. The third kappa shape index (κ3) is 1.61. The highest BCUT2D eigenvalue weighted by molar-refractivity contribution is 6.21. The number of amides is 2. The number of carbonyl (C=O) groups is 2. The average Bonchev–Trinajstić information content (AvgIpc) is 2.52. The molecular formula is C11H9F2NO3. The fraction of sp³-hybridized carbons (Fsp3) is 0.273. The maximum Gasteiger partial charge on any atom is 0.261 e. The van der Waals surface area contributed by atoms with Crippen molar-refractivity contribution in [1.29, 1.82) is 0 Å². The first-order chi connectivity index (χ1) is 7.97. The van der Waals surface area contributed by atoms with E-state index in [2.05, 4.69) is 0 Å². The van der Waals surface area contributed by atoms with Crippen LogP contribution < -0.4 is 0 Å². The minimum Gasteiger partial charge on any atom is -0.394 e. The maximum atomic E-state index is 13.0. The van der Waals surface area contributed by atoms with E-state index in [0.717, 1.165) is 4.90 Å². The summed E-state index contributed by atoms with van der Waals surface area (Å²) in [6, 6.07) is 0.679. The molecule has 0 fully saturated rings. The predicted molar refractivity (Wildman–Crippen MR) is 53.4 cm³/mol. The highest BCUT2D eigenvalue weighted by Gasteiger charge is 2.39. The molecule has 1 aliphatic rings. The van der Waals surface area contributed by atoms with Crippen LogP contribution in [0.2, 0.25) is 0 Å². The van der Waals surface area contributed by atoms with Crippen molar-refractivity contribution in [3.63, 3.8) is 0 Å². The van der Waals surface area contributed by atoms with Crippen LogP contribution in [0.25, 0.3) is 0 Å². The lowest BCUT2D eigenvalue weighted by Gasteiger charge is -2.19. The van der Waals surface area contributed by atoms with Crippen LogP contribution in [-0.4, -0.2) is 34.5 Å². The summed E-state index contributed by atoms with van der Waals surface area (Å²) in [6.45, 7) is 1.06. The van der Waals surface area contributed by atoms with Gasteiger partial charge in [-0.15, -0.1) is 0 Å².